The van der Waals surface area contributed by atoms with E-state index in [0.717, 1.165) is 21.2 Å². The van der Waals surface area contributed by atoms with Gasteiger partial charge in [0.25, 0.3) is 0 Å². The number of aromatic nitrogens is 1. The van der Waals surface area contributed by atoms with Gasteiger partial charge in [-0.05, 0) is 60.5 Å². The Hall–Kier alpha value is -0.220. The van der Waals surface area contributed by atoms with Crippen molar-refractivity contribution in [1.82, 2.24) is 4.98 Å². The minimum absolute atomic E-state index is 0.602. The summed E-state index contributed by atoms with van der Waals surface area (Å²) in [6.07, 6.45) is 6.06. The monoisotopic (exact) mass is 300 g/mol. The van der Waals surface area contributed by atoms with Crippen LogP contribution < -0.4 is 5.32 Å². The van der Waals surface area contributed by atoms with Crippen LogP contribution in [-0.4, -0.2) is 22.5 Å². The molecule has 1 heterocycles. The van der Waals surface area contributed by atoms with E-state index < -0.39 is 0 Å². The van der Waals surface area contributed by atoms with E-state index in [-0.39, 0.29) is 0 Å². The van der Waals surface area contributed by atoms with E-state index in [2.05, 4.69) is 38.6 Å². The molecule has 1 fully saturated rings. The van der Waals surface area contributed by atoms with Crippen LogP contribution in [0.2, 0.25) is 0 Å². The molecule has 88 valence electrons. The predicted molar refractivity (Wildman–Crippen MR) is 75.2 cm³/mol. The van der Waals surface area contributed by atoms with Gasteiger partial charge in [-0.2, -0.15) is 11.8 Å². The maximum absolute atomic E-state index is 4.52. The summed E-state index contributed by atoms with van der Waals surface area (Å²) in [7, 11) is 0. The Labute approximate surface area is 110 Å². The highest BCUT2D eigenvalue weighted by Crippen LogP contribution is 2.30. The third-order valence-corrected chi connectivity index (χ3v) is 5.02. The van der Waals surface area contributed by atoms with Crippen LogP contribution in [0.15, 0.2) is 16.6 Å². The average molecular weight is 301 g/mol. The van der Waals surface area contributed by atoms with Crippen molar-refractivity contribution in [3.05, 3.63) is 22.3 Å². The van der Waals surface area contributed by atoms with Crippen LogP contribution in [0.1, 0.15) is 25.0 Å². The molecular formula is C12H17BrN2S. The minimum atomic E-state index is 0.602. The minimum Gasteiger partial charge on any atom is -0.367 e. The van der Waals surface area contributed by atoms with Crippen molar-refractivity contribution in [1.29, 1.82) is 0 Å². The highest BCUT2D eigenvalue weighted by atomic mass is 79.9. The first-order chi connectivity index (χ1) is 7.69. The van der Waals surface area contributed by atoms with Gasteiger partial charge in [-0.25, -0.2) is 4.98 Å². The molecule has 1 aliphatic carbocycles. The lowest BCUT2D eigenvalue weighted by Crippen LogP contribution is -2.17. The molecule has 1 saturated carbocycles. The molecule has 2 atom stereocenters. The van der Waals surface area contributed by atoms with Gasteiger partial charge in [0.15, 0.2) is 0 Å². The van der Waals surface area contributed by atoms with E-state index in [1.54, 1.807) is 0 Å². The Morgan fingerprint density at radius 3 is 2.88 bits per heavy atom. The van der Waals surface area contributed by atoms with Gasteiger partial charge in [-0.15, -0.1) is 0 Å². The topological polar surface area (TPSA) is 24.9 Å². The largest absolute Gasteiger partial charge is 0.367 e. The van der Waals surface area contributed by atoms with E-state index in [0.29, 0.717) is 6.04 Å². The van der Waals surface area contributed by atoms with Crippen LogP contribution in [0.5, 0.6) is 0 Å². The number of rotatable bonds is 3. The van der Waals surface area contributed by atoms with Crippen LogP contribution in [0, 0.1) is 6.92 Å². The lowest BCUT2D eigenvalue weighted by molar-refractivity contribution is 0.751. The van der Waals surface area contributed by atoms with Crippen molar-refractivity contribution >= 4 is 33.5 Å². The molecule has 1 aromatic heterocycles. The molecule has 2 unspecified atom stereocenters. The van der Waals surface area contributed by atoms with Crippen LogP contribution in [0.3, 0.4) is 0 Å². The second-order valence-electron chi connectivity index (χ2n) is 4.28. The van der Waals surface area contributed by atoms with E-state index in [1.165, 1.54) is 19.3 Å². The second kappa shape index (κ2) is 5.41. The maximum Gasteiger partial charge on any atom is 0.126 e. The SMILES string of the molecule is CSC1CCC(Nc2ccc(Br)c(C)n2)C1. The fraction of sp³-hybridized carbons (Fsp3) is 0.583. The molecule has 0 aliphatic heterocycles. The Morgan fingerprint density at radius 2 is 2.25 bits per heavy atom. The third-order valence-electron chi connectivity index (χ3n) is 3.09. The molecule has 2 nitrogen and oxygen atoms in total. The van der Waals surface area contributed by atoms with Crippen LogP contribution in [0.4, 0.5) is 5.82 Å². The van der Waals surface area contributed by atoms with Gasteiger partial charge in [0, 0.05) is 15.8 Å². The van der Waals surface area contributed by atoms with Gasteiger partial charge >= 0.3 is 0 Å². The summed E-state index contributed by atoms with van der Waals surface area (Å²) in [5, 5.41) is 4.36. The smallest absolute Gasteiger partial charge is 0.126 e. The molecule has 2 rings (SSSR count). The van der Waals surface area contributed by atoms with Gasteiger partial charge in [0.05, 0.1) is 5.69 Å². The van der Waals surface area contributed by atoms with Gasteiger partial charge < -0.3 is 5.32 Å². The Kier molecular flexibility index (Phi) is 4.14. The lowest BCUT2D eigenvalue weighted by atomic mass is 10.2. The molecule has 4 heteroatoms. The fourth-order valence-corrected chi connectivity index (χ4v) is 3.14. The van der Waals surface area contributed by atoms with Gasteiger partial charge in [0.2, 0.25) is 0 Å². The normalized spacial score (nSPS) is 24.7. The zero-order valence-corrected chi connectivity index (χ0v) is 12.1. The molecule has 0 bridgehead atoms. The first kappa shape index (κ1) is 12.2. The molecule has 1 aromatic rings. The quantitative estimate of drug-likeness (QED) is 0.918. The summed E-state index contributed by atoms with van der Waals surface area (Å²) in [5.41, 5.74) is 1.05. The van der Waals surface area contributed by atoms with Crippen molar-refractivity contribution in [2.45, 2.75) is 37.5 Å². The highest BCUT2D eigenvalue weighted by Gasteiger charge is 2.23. The third kappa shape index (κ3) is 2.92. The first-order valence-electron chi connectivity index (χ1n) is 5.61. The number of pyridine rings is 1. The molecule has 16 heavy (non-hydrogen) atoms. The van der Waals surface area contributed by atoms with Gasteiger partial charge in [0.1, 0.15) is 5.82 Å². The number of thioether (sulfide) groups is 1. The summed E-state index contributed by atoms with van der Waals surface area (Å²) in [5.74, 6) is 1.01. The fourth-order valence-electron chi connectivity index (χ4n) is 2.12. The van der Waals surface area contributed by atoms with Gasteiger partial charge in [-0.1, -0.05) is 0 Å². The summed E-state index contributed by atoms with van der Waals surface area (Å²) < 4.78 is 1.08. The maximum atomic E-state index is 4.52. The summed E-state index contributed by atoms with van der Waals surface area (Å²) in [6.45, 7) is 2.02. The van der Waals surface area contributed by atoms with E-state index >= 15 is 0 Å². The molecule has 0 amide bonds. The summed E-state index contributed by atoms with van der Waals surface area (Å²) >= 11 is 5.45. The zero-order chi connectivity index (χ0) is 11.5. The summed E-state index contributed by atoms with van der Waals surface area (Å²) in [4.78, 5) is 4.52. The lowest BCUT2D eigenvalue weighted by Gasteiger charge is -2.14. The Balaban J connectivity index is 1.97. The van der Waals surface area contributed by atoms with Crippen LogP contribution in [-0.2, 0) is 0 Å². The molecule has 0 aromatic carbocycles. The predicted octanol–water partition coefficient (Wildman–Crippen LogP) is 3.85. The van der Waals surface area contributed by atoms with Gasteiger partial charge in [-0.3, -0.25) is 0 Å². The van der Waals surface area contributed by atoms with E-state index in [1.807, 2.05) is 24.8 Å². The zero-order valence-electron chi connectivity index (χ0n) is 9.66. The number of hydrogen-bond acceptors (Lipinski definition) is 3. The highest BCUT2D eigenvalue weighted by molar-refractivity contribution is 9.10. The van der Waals surface area contributed by atoms with Crippen molar-refractivity contribution in [3.8, 4) is 0 Å². The number of hydrogen-bond donors (Lipinski definition) is 1. The average Bonchev–Trinajstić information content (AvgIpc) is 2.71. The van der Waals surface area contributed by atoms with Crippen molar-refractivity contribution in [2.24, 2.45) is 0 Å². The molecule has 0 spiro atoms. The Bertz CT molecular complexity index is 370. The second-order valence-corrected chi connectivity index (χ2v) is 6.27. The summed E-state index contributed by atoms with van der Waals surface area (Å²) in [6, 6.07) is 4.71. The molecule has 0 saturated heterocycles. The molecule has 1 aliphatic rings. The van der Waals surface area contributed by atoms with Crippen LogP contribution >= 0.6 is 27.7 Å². The Morgan fingerprint density at radius 1 is 1.44 bits per heavy atom. The standard InChI is InChI=1S/C12H17BrN2S/c1-8-11(13)5-6-12(14-8)15-9-3-4-10(7-9)16-2/h5-6,9-10H,3-4,7H2,1-2H3,(H,14,15). The number of halogens is 1. The van der Waals surface area contributed by atoms with Crippen LogP contribution in [0.25, 0.3) is 0 Å². The number of aryl methyl sites for hydroxylation is 1. The number of anilines is 1. The number of nitrogens with one attached hydrogen (secondary N) is 1. The van der Waals surface area contributed by atoms with Crippen molar-refractivity contribution in [2.75, 3.05) is 11.6 Å². The van der Waals surface area contributed by atoms with Crippen molar-refractivity contribution in [3.63, 3.8) is 0 Å². The number of nitrogens with zero attached hydrogens (tertiary/aromatic N) is 1. The van der Waals surface area contributed by atoms with E-state index in [4.69, 9.17) is 0 Å². The first-order valence-corrected chi connectivity index (χ1v) is 7.69. The molecule has 0 radical (unpaired) electrons. The van der Waals surface area contributed by atoms with E-state index in [9.17, 15) is 0 Å². The molecular weight excluding hydrogens is 284 g/mol. The van der Waals surface area contributed by atoms with Crippen molar-refractivity contribution < 1.29 is 0 Å². The molecule has 1 N–H and O–H groups in total.